The van der Waals surface area contributed by atoms with Crippen molar-refractivity contribution in [1.29, 1.82) is 0 Å². The molecular weight excluding hydrogens is 302 g/mol. The fourth-order valence-electron chi connectivity index (χ4n) is 3.37. The van der Waals surface area contributed by atoms with Gasteiger partial charge in [0, 0.05) is 24.4 Å². The van der Waals surface area contributed by atoms with E-state index in [4.69, 9.17) is 4.74 Å². The maximum atomic E-state index is 12.8. The number of para-hydroxylation sites is 1. The highest BCUT2D eigenvalue weighted by molar-refractivity contribution is 6.04. The summed E-state index contributed by atoms with van der Waals surface area (Å²) in [5.41, 5.74) is 2.66. The standard InChI is InChI=1S/C19H19N3O2/c1-24-15-8-6-13(7-9-15)14-10-11-22(12-14)19(23)18-16-4-2-3-5-17(16)20-21-18/h2-9,14H,10-12H2,1H3,(H,20,21)/t14-/m1/s1. The van der Waals surface area contributed by atoms with Crippen LogP contribution in [-0.2, 0) is 0 Å². The zero-order chi connectivity index (χ0) is 16.5. The van der Waals surface area contributed by atoms with E-state index in [2.05, 4.69) is 22.3 Å². The van der Waals surface area contributed by atoms with Crippen LogP contribution in [0, 0.1) is 0 Å². The third kappa shape index (κ3) is 2.52. The Kier molecular flexibility index (Phi) is 3.69. The molecule has 1 fully saturated rings. The first-order valence-corrected chi connectivity index (χ1v) is 8.12. The number of H-pyrrole nitrogens is 1. The van der Waals surface area contributed by atoms with Gasteiger partial charge >= 0.3 is 0 Å². The highest BCUT2D eigenvalue weighted by Crippen LogP contribution is 2.30. The van der Waals surface area contributed by atoms with Crippen LogP contribution < -0.4 is 4.74 Å². The van der Waals surface area contributed by atoms with Gasteiger partial charge < -0.3 is 9.64 Å². The lowest BCUT2D eigenvalue weighted by molar-refractivity contribution is 0.0787. The quantitative estimate of drug-likeness (QED) is 0.806. The fourth-order valence-corrected chi connectivity index (χ4v) is 3.37. The number of ether oxygens (including phenoxy) is 1. The molecule has 1 saturated heterocycles. The molecule has 1 aliphatic heterocycles. The Bertz CT molecular complexity index is 870. The number of carbonyl (C=O) groups excluding carboxylic acids is 1. The van der Waals surface area contributed by atoms with Crippen molar-refractivity contribution in [3.05, 3.63) is 59.8 Å². The molecule has 5 nitrogen and oxygen atoms in total. The number of nitrogens with zero attached hydrogens (tertiary/aromatic N) is 2. The summed E-state index contributed by atoms with van der Waals surface area (Å²) in [5.74, 6) is 1.22. The van der Waals surface area contributed by atoms with Crippen molar-refractivity contribution >= 4 is 16.8 Å². The van der Waals surface area contributed by atoms with Gasteiger partial charge in [0.2, 0.25) is 0 Å². The van der Waals surface area contributed by atoms with Crippen LogP contribution in [0.3, 0.4) is 0 Å². The number of hydrogen-bond donors (Lipinski definition) is 1. The highest BCUT2D eigenvalue weighted by atomic mass is 16.5. The molecule has 0 saturated carbocycles. The lowest BCUT2D eigenvalue weighted by Gasteiger charge is -2.16. The maximum absolute atomic E-state index is 12.8. The molecule has 1 atom stereocenters. The predicted octanol–water partition coefficient (Wildman–Crippen LogP) is 3.20. The third-order valence-corrected chi connectivity index (χ3v) is 4.74. The van der Waals surface area contributed by atoms with Gasteiger partial charge in [0.05, 0.1) is 12.6 Å². The zero-order valence-electron chi connectivity index (χ0n) is 13.5. The molecule has 24 heavy (non-hydrogen) atoms. The van der Waals surface area contributed by atoms with Crippen molar-refractivity contribution in [2.75, 3.05) is 20.2 Å². The minimum Gasteiger partial charge on any atom is -0.497 e. The summed E-state index contributed by atoms with van der Waals surface area (Å²) in [6.07, 6.45) is 0.973. The highest BCUT2D eigenvalue weighted by Gasteiger charge is 2.29. The molecule has 5 heteroatoms. The van der Waals surface area contributed by atoms with Gasteiger partial charge in [-0.25, -0.2) is 0 Å². The minimum atomic E-state index is 0.00321. The van der Waals surface area contributed by atoms with Crippen LogP contribution in [-0.4, -0.2) is 41.2 Å². The Balaban J connectivity index is 1.52. The number of aromatic amines is 1. The summed E-state index contributed by atoms with van der Waals surface area (Å²) in [7, 11) is 1.67. The van der Waals surface area contributed by atoms with Gasteiger partial charge in [-0.15, -0.1) is 0 Å². The van der Waals surface area contributed by atoms with Crippen molar-refractivity contribution < 1.29 is 9.53 Å². The van der Waals surface area contributed by atoms with E-state index in [0.717, 1.165) is 36.2 Å². The molecule has 2 aromatic carbocycles. The molecule has 2 heterocycles. The van der Waals surface area contributed by atoms with Crippen LogP contribution in [0.25, 0.3) is 10.9 Å². The Morgan fingerprint density at radius 3 is 2.79 bits per heavy atom. The smallest absolute Gasteiger partial charge is 0.275 e. The van der Waals surface area contributed by atoms with Gasteiger partial charge in [-0.05, 0) is 30.2 Å². The molecular formula is C19H19N3O2. The van der Waals surface area contributed by atoms with E-state index in [9.17, 15) is 4.79 Å². The molecule has 122 valence electrons. The number of amides is 1. The second-order valence-electron chi connectivity index (χ2n) is 6.13. The van der Waals surface area contributed by atoms with Crippen LogP contribution in [0.2, 0.25) is 0 Å². The summed E-state index contributed by atoms with van der Waals surface area (Å²) in [6, 6.07) is 15.8. The van der Waals surface area contributed by atoms with Gasteiger partial charge in [-0.1, -0.05) is 30.3 Å². The molecule has 0 bridgehead atoms. The van der Waals surface area contributed by atoms with Crippen molar-refractivity contribution in [1.82, 2.24) is 15.1 Å². The number of rotatable bonds is 3. The molecule has 0 unspecified atom stereocenters. The van der Waals surface area contributed by atoms with E-state index >= 15 is 0 Å². The average molecular weight is 321 g/mol. The topological polar surface area (TPSA) is 58.2 Å². The maximum Gasteiger partial charge on any atom is 0.275 e. The first-order chi connectivity index (χ1) is 11.8. The van der Waals surface area contributed by atoms with Crippen molar-refractivity contribution in [3.63, 3.8) is 0 Å². The Morgan fingerprint density at radius 2 is 2.00 bits per heavy atom. The van der Waals surface area contributed by atoms with Gasteiger partial charge in [0.25, 0.3) is 5.91 Å². The molecule has 1 amide bonds. The first kappa shape index (κ1) is 14.8. The number of aromatic nitrogens is 2. The number of hydrogen-bond acceptors (Lipinski definition) is 3. The van der Waals surface area contributed by atoms with Gasteiger partial charge in [0.1, 0.15) is 5.75 Å². The largest absolute Gasteiger partial charge is 0.497 e. The molecule has 3 aromatic rings. The van der Waals surface area contributed by atoms with Crippen molar-refractivity contribution in [2.24, 2.45) is 0 Å². The predicted molar refractivity (Wildman–Crippen MR) is 92.3 cm³/mol. The zero-order valence-corrected chi connectivity index (χ0v) is 13.5. The number of fused-ring (bicyclic) bond motifs is 1. The van der Waals surface area contributed by atoms with E-state index in [1.54, 1.807) is 7.11 Å². The lowest BCUT2D eigenvalue weighted by Crippen LogP contribution is -2.28. The van der Waals surface area contributed by atoms with Crippen LogP contribution in [0.4, 0.5) is 0 Å². The van der Waals surface area contributed by atoms with Gasteiger partial charge in [-0.2, -0.15) is 5.10 Å². The van der Waals surface area contributed by atoms with E-state index < -0.39 is 0 Å². The average Bonchev–Trinajstić information content (AvgIpc) is 3.28. The summed E-state index contributed by atoms with van der Waals surface area (Å²) in [6.45, 7) is 1.49. The molecule has 1 aromatic heterocycles. The summed E-state index contributed by atoms with van der Waals surface area (Å²) in [4.78, 5) is 14.7. The third-order valence-electron chi connectivity index (χ3n) is 4.74. The van der Waals surface area contributed by atoms with Crippen molar-refractivity contribution in [3.8, 4) is 5.75 Å². The fraction of sp³-hybridized carbons (Fsp3) is 0.263. The SMILES string of the molecule is COc1ccc([C@@H]2CCN(C(=O)c3n[nH]c4ccccc34)C2)cc1. The van der Waals surface area contributed by atoms with Crippen molar-refractivity contribution in [2.45, 2.75) is 12.3 Å². The van der Waals surface area contributed by atoms with Crippen LogP contribution in [0.1, 0.15) is 28.4 Å². The van der Waals surface area contributed by atoms with E-state index in [1.807, 2.05) is 41.3 Å². The number of methoxy groups -OCH3 is 1. The summed E-state index contributed by atoms with van der Waals surface area (Å²) >= 11 is 0. The molecule has 0 spiro atoms. The van der Waals surface area contributed by atoms with Crippen LogP contribution >= 0.6 is 0 Å². The molecule has 1 N–H and O–H groups in total. The summed E-state index contributed by atoms with van der Waals surface area (Å²) < 4.78 is 5.20. The number of benzene rings is 2. The monoisotopic (exact) mass is 321 g/mol. The second-order valence-corrected chi connectivity index (χ2v) is 6.13. The lowest BCUT2D eigenvalue weighted by atomic mass is 9.98. The van der Waals surface area contributed by atoms with E-state index in [0.29, 0.717) is 11.6 Å². The Labute approximate surface area is 140 Å². The summed E-state index contributed by atoms with van der Waals surface area (Å²) in [5, 5.41) is 8.05. The number of nitrogens with one attached hydrogen (secondary N) is 1. The van der Waals surface area contributed by atoms with Gasteiger partial charge in [0.15, 0.2) is 5.69 Å². The molecule has 0 radical (unpaired) electrons. The van der Waals surface area contributed by atoms with Gasteiger partial charge in [-0.3, -0.25) is 9.89 Å². The number of carbonyl (C=O) groups is 1. The Hall–Kier alpha value is -2.82. The normalized spacial score (nSPS) is 17.4. The molecule has 1 aliphatic rings. The Morgan fingerprint density at radius 1 is 1.21 bits per heavy atom. The van der Waals surface area contributed by atoms with E-state index in [1.165, 1.54) is 5.56 Å². The molecule has 0 aliphatic carbocycles. The second kappa shape index (κ2) is 6.00. The number of likely N-dealkylation sites (tertiary alicyclic amines) is 1. The first-order valence-electron chi connectivity index (χ1n) is 8.12. The minimum absolute atomic E-state index is 0.00321. The van der Waals surface area contributed by atoms with Crippen LogP contribution in [0.15, 0.2) is 48.5 Å². The molecule has 4 rings (SSSR count). The van der Waals surface area contributed by atoms with Crippen LogP contribution in [0.5, 0.6) is 5.75 Å². The van der Waals surface area contributed by atoms with E-state index in [-0.39, 0.29) is 5.91 Å².